The average Bonchev–Trinajstić information content (AvgIpc) is 3.15. The minimum atomic E-state index is 0.567. The topological polar surface area (TPSA) is 69.6 Å². The van der Waals surface area contributed by atoms with Gasteiger partial charge in [-0.1, -0.05) is 41.2 Å². The van der Waals surface area contributed by atoms with Gasteiger partial charge in [0.1, 0.15) is 5.82 Å². The Labute approximate surface area is 138 Å². The van der Waals surface area contributed by atoms with Crippen molar-refractivity contribution in [3.63, 3.8) is 0 Å². The highest BCUT2D eigenvalue weighted by Gasteiger charge is 2.28. The molecule has 0 N–H and O–H groups in total. The van der Waals surface area contributed by atoms with Crippen molar-refractivity contribution in [1.82, 2.24) is 24.9 Å². The Hall–Kier alpha value is -2.15. The van der Waals surface area contributed by atoms with E-state index in [0.717, 1.165) is 22.1 Å². The van der Waals surface area contributed by atoms with Gasteiger partial charge in [0.2, 0.25) is 11.7 Å². The summed E-state index contributed by atoms with van der Waals surface area (Å²) in [6, 6.07) is 8.60. The molecule has 2 heterocycles. The Bertz CT molecular complexity index is 837. The first kappa shape index (κ1) is 14.4. The molecule has 0 bridgehead atoms. The largest absolute Gasteiger partial charge is 0.338 e. The fourth-order valence-corrected chi connectivity index (χ4v) is 3.46. The van der Waals surface area contributed by atoms with E-state index in [0.29, 0.717) is 23.5 Å². The number of rotatable bonds is 5. The lowest BCUT2D eigenvalue weighted by molar-refractivity contribution is 0.391. The maximum atomic E-state index is 5.38. The van der Waals surface area contributed by atoms with E-state index in [4.69, 9.17) is 4.52 Å². The summed E-state index contributed by atoms with van der Waals surface area (Å²) >= 11 is 1.60. The van der Waals surface area contributed by atoms with Crippen LogP contribution in [0, 0.1) is 13.8 Å². The predicted molar refractivity (Wildman–Crippen MR) is 87.1 cm³/mol. The molecule has 3 aromatic rings. The Kier molecular flexibility index (Phi) is 3.65. The van der Waals surface area contributed by atoms with Crippen molar-refractivity contribution in [3.05, 3.63) is 41.5 Å². The maximum absolute atomic E-state index is 5.38. The van der Waals surface area contributed by atoms with Gasteiger partial charge in [0.15, 0.2) is 5.16 Å². The lowest BCUT2D eigenvalue weighted by Crippen LogP contribution is -1.99. The molecule has 0 saturated heterocycles. The van der Waals surface area contributed by atoms with Crippen LogP contribution in [0.4, 0.5) is 0 Å². The van der Waals surface area contributed by atoms with Crippen molar-refractivity contribution in [3.8, 4) is 11.4 Å². The van der Waals surface area contributed by atoms with Gasteiger partial charge in [0.25, 0.3) is 0 Å². The molecule has 0 unspecified atom stereocenters. The maximum Gasteiger partial charge on any atom is 0.237 e. The SMILES string of the molecule is Cc1ccccc1-c1noc(CSc2nnc(C)n2C2CC2)n1. The molecule has 1 aromatic carbocycles. The number of benzene rings is 1. The molecule has 1 fully saturated rings. The third kappa shape index (κ3) is 2.88. The molecule has 1 saturated carbocycles. The molecule has 1 aliphatic carbocycles. The van der Waals surface area contributed by atoms with Crippen LogP contribution >= 0.6 is 11.8 Å². The van der Waals surface area contributed by atoms with Gasteiger partial charge in [-0.25, -0.2) is 0 Å². The quantitative estimate of drug-likeness (QED) is 0.667. The zero-order valence-corrected chi connectivity index (χ0v) is 13.9. The molecule has 0 aliphatic heterocycles. The van der Waals surface area contributed by atoms with Crippen molar-refractivity contribution < 1.29 is 4.52 Å². The zero-order chi connectivity index (χ0) is 15.8. The standard InChI is InChI=1S/C16H17N5OS/c1-10-5-3-4-6-13(10)15-17-14(22-20-15)9-23-16-19-18-11(2)21(16)12-7-8-12/h3-6,12H,7-9H2,1-2H3. The summed E-state index contributed by atoms with van der Waals surface area (Å²) in [5.74, 6) is 2.82. The number of hydrogen-bond acceptors (Lipinski definition) is 6. The molecule has 1 aliphatic rings. The monoisotopic (exact) mass is 327 g/mol. The first-order chi connectivity index (χ1) is 11.2. The van der Waals surface area contributed by atoms with Gasteiger partial charge in [0.05, 0.1) is 5.75 Å². The molecule has 0 radical (unpaired) electrons. The van der Waals surface area contributed by atoms with Crippen molar-refractivity contribution in [2.24, 2.45) is 0 Å². The van der Waals surface area contributed by atoms with Gasteiger partial charge >= 0.3 is 0 Å². The minimum absolute atomic E-state index is 0.567. The molecule has 0 amide bonds. The number of hydrogen-bond donors (Lipinski definition) is 0. The van der Waals surface area contributed by atoms with Crippen LogP contribution in [-0.2, 0) is 5.75 Å². The number of aryl methyl sites for hydroxylation is 2. The fourth-order valence-electron chi connectivity index (χ4n) is 2.57. The van der Waals surface area contributed by atoms with E-state index in [9.17, 15) is 0 Å². The molecule has 4 rings (SSSR count). The second-order valence-electron chi connectivity index (χ2n) is 5.75. The van der Waals surface area contributed by atoms with Crippen LogP contribution in [0.3, 0.4) is 0 Å². The summed E-state index contributed by atoms with van der Waals surface area (Å²) in [7, 11) is 0. The highest BCUT2D eigenvalue weighted by Crippen LogP contribution is 2.39. The van der Waals surface area contributed by atoms with Crippen LogP contribution < -0.4 is 0 Å². The number of aromatic nitrogens is 5. The van der Waals surface area contributed by atoms with Gasteiger partial charge < -0.3 is 9.09 Å². The lowest BCUT2D eigenvalue weighted by atomic mass is 10.1. The van der Waals surface area contributed by atoms with Crippen molar-refractivity contribution >= 4 is 11.8 Å². The van der Waals surface area contributed by atoms with Crippen LogP contribution in [0.2, 0.25) is 0 Å². The molecule has 0 atom stereocenters. The van der Waals surface area contributed by atoms with Gasteiger partial charge in [-0.05, 0) is 32.3 Å². The summed E-state index contributed by atoms with van der Waals surface area (Å²) < 4.78 is 7.59. The summed E-state index contributed by atoms with van der Waals surface area (Å²) in [5.41, 5.74) is 2.14. The van der Waals surface area contributed by atoms with Crippen LogP contribution in [0.25, 0.3) is 11.4 Å². The number of nitrogens with zero attached hydrogens (tertiary/aromatic N) is 5. The first-order valence-corrected chi connectivity index (χ1v) is 8.64. The Morgan fingerprint density at radius 3 is 2.83 bits per heavy atom. The first-order valence-electron chi connectivity index (χ1n) is 7.65. The fraction of sp³-hybridized carbons (Fsp3) is 0.375. The van der Waals surface area contributed by atoms with E-state index >= 15 is 0 Å². The third-order valence-corrected chi connectivity index (χ3v) is 4.85. The predicted octanol–water partition coefficient (Wildman–Crippen LogP) is 3.57. The summed E-state index contributed by atoms with van der Waals surface area (Å²) in [6.07, 6.45) is 2.43. The Morgan fingerprint density at radius 2 is 2.04 bits per heavy atom. The van der Waals surface area contributed by atoms with E-state index in [1.54, 1.807) is 11.8 Å². The van der Waals surface area contributed by atoms with Crippen LogP contribution in [-0.4, -0.2) is 24.9 Å². The van der Waals surface area contributed by atoms with E-state index in [-0.39, 0.29) is 0 Å². The van der Waals surface area contributed by atoms with Gasteiger partial charge in [-0.15, -0.1) is 10.2 Å². The van der Waals surface area contributed by atoms with Crippen LogP contribution in [0.15, 0.2) is 33.9 Å². The molecule has 2 aromatic heterocycles. The molecule has 118 valence electrons. The molecular formula is C16H17N5OS. The van der Waals surface area contributed by atoms with Crippen LogP contribution in [0.1, 0.15) is 36.2 Å². The smallest absolute Gasteiger partial charge is 0.237 e. The Balaban J connectivity index is 1.50. The molecular weight excluding hydrogens is 310 g/mol. The van der Waals surface area contributed by atoms with Crippen LogP contribution in [0.5, 0.6) is 0 Å². The highest BCUT2D eigenvalue weighted by atomic mass is 32.2. The number of thioether (sulfide) groups is 1. The zero-order valence-electron chi connectivity index (χ0n) is 13.1. The molecule has 0 spiro atoms. The van der Waals surface area contributed by atoms with Gasteiger partial charge in [-0.2, -0.15) is 4.98 Å². The lowest BCUT2D eigenvalue weighted by Gasteiger charge is -2.04. The van der Waals surface area contributed by atoms with E-state index in [2.05, 4.69) is 24.9 Å². The van der Waals surface area contributed by atoms with Crippen molar-refractivity contribution in [2.75, 3.05) is 0 Å². The Morgan fingerprint density at radius 1 is 1.22 bits per heavy atom. The highest BCUT2D eigenvalue weighted by molar-refractivity contribution is 7.98. The average molecular weight is 327 g/mol. The normalized spacial score (nSPS) is 14.3. The van der Waals surface area contributed by atoms with Gasteiger partial charge in [-0.3, -0.25) is 0 Å². The van der Waals surface area contributed by atoms with Crippen molar-refractivity contribution in [1.29, 1.82) is 0 Å². The summed E-state index contributed by atoms with van der Waals surface area (Å²) in [5, 5.41) is 13.5. The second-order valence-corrected chi connectivity index (χ2v) is 6.69. The van der Waals surface area contributed by atoms with E-state index in [1.165, 1.54) is 12.8 Å². The van der Waals surface area contributed by atoms with E-state index < -0.39 is 0 Å². The molecule has 6 nitrogen and oxygen atoms in total. The summed E-state index contributed by atoms with van der Waals surface area (Å²) in [6.45, 7) is 4.04. The summed E-state index contributed by atoms with van der Waals surface area (Å²) in [4.78, 5) is 4.50. The molecule has 7 heteroatoms. The second kappa shape index (κ2) is 5.81. The van der Waals surface area contributed by atoms with E-state index in [1.807, 2.05) is 38.1 Å². The van der Waals surface area contributed by atoms with Gasteiger partial charge in [0, 0.05) is 11.6 Å². The minimum Gasteiger partial charge on any atom is -0.338 e. The third-order valence-electron chi connectivity index (χ3n) is 3.93. The molecule has 23 heavy (non-hydrogen) atoms. The van der Waals surface area contributed by atoms with Crippen molar-refractivity contribution in [2.45, 2.75) is 43.6 Å².